The molecule has 8 atom stereocenters. The van der Waals surface area contributed by atoms with Crippen LogP contribution in [0, 0.1) is 0 Å². The summed E-state index contributed by atoms with van der Waals surface area (Å²) in [4.78, 5) is 97.7. The molecule has 22 nitrogen and oxygen atoms in total. The van der Waals surface area contributed by atoms with Crippen molar-refractivity contribution >= 4 is 71.0 Å². The van der Waals surface area contributed by atoms with Crippen LogP contribution < -0.4 is 0 Å². The lowest BCUT2D eigenvalue weighted by molar-refractivity contribution is -0.142. The smallest absolute Gasteiger partial charge is 0.329 e. The summed E-state index contributed by atoms with van der Waals surface area (Å²) >= 11 is 2.66. The van der Waals surface area contributed by atoms with Crippen molar-refractivity contribution in [3.8, 4) is 0 Å². The molecule has 4 fully saturated rings. The molecule has 0 aliphatic carbocycles. The predicted octanol–water partition coefficient (Wildman–Crippen LogP) is 15.0. The zero-order valence-electron chi connectivity index (χ0n) is 68.9. The summed E-state index contributed by atoms with van der Waals surface area (Å²) in [7, 11) is 0. The maximum atomic E-state index is 12.3. The Balaban J connectivity index is 0. The van der Waals surface area contributed by atoms with Gasteiger partial charge in [-0.05, 0) is 75.3 Å². The Morgan fingerprint density at radius 3 is 0.946 bits per heavy atom. The standard InChI is InChI=1S/C21H27NO5.C21H27NO4S.C19H31NO5.C19H31NO4S.4C2H6/c2*23-19(15-17-7-2-1-3-8-17)12-11-18-9-6-10-20(24)22(18)13-4-5-14-27-16-21(25)26;2*1-2-3-4-9-17(21)12-11-16-8-7-10-18(22)20(16)13-5-6-14-25-15-19(23)24;4*1-2/h2*1-5,7-8,11-12,18-19,23H,6,9-10,13-16H2,(H,25,26);2*5-6,11-12,16-17,21H,2-4,7-10,13-15H2,1H3,(H,23,24);4*1-2H3/t2*18-,19?;2*16-,17?;;;;/m1111..../s1. The molecule has 4 unspecified atom stereocenters. The molecule has 0 spiro atoms. The number of piperidine rings is 4. The number of nitrogens with zero attached hydrogens (tertiary/aromatic N) is 4. The van der Waals surface area contributed by atoms with Crippen LogP contribution in [0.25, 0.3) is 0 Å². The number of aliphatic hydroxyl groups excluding tert-OH is 4. The highest BCUT2D eigenvalue weighted by Gasteiger charge is 2.29. The van der Waals surface area contributed by atoms with Crippen LogP contribution in [0.3, 0.4) is 0 Å². The van der Waals surface area contributed by atoms with Crippen molar-refractivity contribution < 1.29 is 88.7 Å². The van der Waals surface area contributed by atoms with E-state index in [0.717, 1.165) is 114 Å². The second-order valence-electron chi connectivity index (χ2n) is 25.7. The van der Waals surface area contributed by atoms with Gasteiger partial charge in [0.25, 0.3) is 0 Å². The van der Waals surface area contributed by atoms with Crippen molar-refractivity contribution in [3.05, 3.63) is 169 Å². The van der Waals surface area contributed by atoms with E-state index >= 15 is 0 Å². The molecule has 4 amide bonds. The number of aliphatic carboxylic acids is 4. The van der Waals surface area contributed by atoms with E-state index in [4.69, 9.17) is 29.9 Å². The van der Waals surface area contributed by atoms with Crippen molar-refractivity contribution in [1.29, 1.82) is 0 Å². The van der Waals surface area contributed by atoms with Gasteiger partial charge in [-0.2, -0.15) is 0 Å². The zero-order chi connectivity index (χ0) is 84.0. The second-order valence-corrected chi connectivity index (χ2v) is 27.8. The summed E-state index contributed by atoms with van der Waals surface area (Å²) in [6, 6.07) is 19.6. The van der Waals surface area contributed by atoms with E-state index in [2.05, 4.69) is 13.8 Å². The molecule has 4 saturated heterocycles. The molecule has 24 heteroatoms. The third kappa shape index (κ3) is 55.1. The summed E-state index contributed by atoms with van der Waals surface area (Å²) in [5.41, 5.74) is 2.14. The molecule has 4 aliphatic rings. The number of carbonyl (C=O) groups is 8. The SMILES string of the molecule is CC.CC.CC.CC.CCCCCC(O)C=C[C@H]1CCCC(=O)N1CC=CCOCC(=O)O.CCCCCC(O)C=C[C@H]1CCCC(=O)N1CC=CCSCC(=O)O.O=C(O)COCC=CCN1C(=O)CCC[C@@H]1C=CC(O)Cc1ccccc1.O=C(O)CSCC=CCN1C(=O)CCC[C@@H]1C=CC(O)Cc1ccccc1. The summed E-state index contributed by atoms with van der Waals surface area (Å²) in [6.07, 6.45) is 46.0. The number of carboxylic acid groups (broad SMARTS) is 4. The fourth-order valence-electron chi connectivity index (χ4n) is 11.7. The van der Waals surface area contributed by atoms with Gasteiger partial charge in [0.15, 0.2) is 0 Å². The first-order valence-electron chi connectivity index (χ1n) is 40.7. The van der Waals surface area contributed by atoms with Gasteiger partial charge in [-0.25, -0.2) is 9.59 Å². The van der Waals surface area contributed by atoms with Crippen molar-refractivity contribution in [2.75, 3.05) is 75.6 Å². The highest BCUT2D eigenvalue weighted by molar-refractivity contribution is 8.00. The van der Waals surface area contributed by atoms with Gasteiger partial charge >= 0.3 is 23.9 Å². The van der Waals surface area contributed by atoms with Crippen molar-refractivity contribution in [2.24, 2.45) is 0 Å². The fraction of sp³-hybridized carbons (Fsp3) is 0.591. The summed E-state index contributed by atoms with van der Waals surface area (Å²) in [6.45, 7) is 22.0. The number of aliphatic hydroxyl groups is 4. The zero-order valence-corrected chi connectivity index (χ0v) is 70.6. The number of amides is 4. The third-order valence-corrected chi connectivity index (χ3v) is 18.8. The average molecular weight is 1610 g/mol. The fourth-order valence-corrected chi connectivity index (χ4v) is 12.8. The quantitative estimate of drug-likeness (QED) is 0.0226. The molecular weight excluding hydrogens is 1470 g/mol. The molecule has 0 saturated carbocycles. The molecule has 6 rings (SSSR count). The lowest BCUT2D eigenvalue weighted by Crippen LogP contribution is -2.42. The first-order valence-corrected chi connectivity index (χ1v) is 43.0. The van der Waals surface area contributed by atoms with E-state index in [0.29, 0.717) is 76.2 Å². The van der Waals surface area contributed by atoms with Crippen molar-refractivity contribution in [2.45, 2.75) is 259 Å². The molecule has 112 heavy (non-hydrogen) atoms. The number of carbonyl (C=O) groups excluding carboxylic acids is 4. The van der Waals surface area contributed by atoms with Crippen LogP contribution >= 0.6 is 23.5 Å². The van der Waals surface area contributed by atoms with E-state index in [9.17, 15) is 58.8 Å². The number of likely N-dealkylation sites (tertiary alicyclic amines) is 4. The highest BCUT2D eigenvalue weighted by Crippen LogP contribution is 2.24. The molecule has 4 heterocycles. The first-order chi connectivity index (χ1) is 54.2. The van der Waals surface area contributed by atoms with E-state index in [1.165, 1.54) is 23.5 Å². The number of carboxylic acids is 4. The van der Waals surface area contributed by atoms with Crippen LogP contribution in [0.1, 0.15) is 209 Å². The number of benzene rings is 2. The number of thioether (sulfide) groups is 2. The molecule has 0 aromatic heterocycles. The molecule has 0 radical (unpaired) electrons. The van der Waals surface area contributed by atoms with Gasteiger partial charge in [0, 0.05) is 76.2 Å². The Hall–Kier alpha value is -7.42. The Labute approximate surface area is 679 Å². The minimum atomic E-state index is -1.01. The monoisotopic (exact) mass is 1600 g/mol. The maximum absolute atomic E-state index is 12.3. The van der Waals surface area contributed by atoms with Gasteiger partial charge in [0.05, 0.1) is 73.3 Å². The Kier molecular flexibility index (Phi) is 69.1. The number of unbranched alkanes of at least 4 members (excludes halogenated alkanes) is 4. The third-order valence-electron chi connectivity index (χ3n) is 17.1. The summed E-state index contributed by atoms with van der Waals surface area (Å²) in [5, 5.41) is 74.7. The Morgan fingerprint density at radius 2 is 0.679 bits per heavy atom. The minimum Gasteiger partial charge on any atom is -0.481 e. The summed E-state index contributed by atoms with van der Waals surface area (Å²) in [5.74, 6) is -1.76. The van der Waals surface area contributed by atoms with Gasteiger partial charge in [-0.1, -0.05) is 266 Å². The van der Waals surface area contributed by atoms with Crippen LogP contribution in [-0.2, 0) is 60.7 Å². The molecular formula is C88H140N4O18S2. The topological polar surface area (TPSA) is 330 Å². The lowest BCUT2D eigenvalue weighted by atomic mass is 9.99. The van der Waals surface area contributed by atoms with Crippen LogP contribution in [0.15, 0.2) is 158 Å². The first kappa shape index (κ1) is 107. The van der Waals surface area contributed by atoms with Crippen LogP contribution in [0.5, 0.6) is 0 Å². The largest absolute Gasteiger partial charge is 0.481 e. The Morgan fingerprint density at radius 1 is 0.402 bits per heavy atom. The Bertz CT molecular complexity index is 2840. The van der Waals surface area contributed by atoms with Gasteiger partial charge in [0.2, 0.25) is 23.6 Å². The number of rotatable bonds is 44. The molecule has 2 aromatic rings. The highest BCUT2D eigenvalue weighted by atomic mass is 32.2. The predicted molar refractivity (Wildman–Crippen MR) is 455 cm³/mol. The van der Waals surface area contributed by atoms with Crippen LogP contribution in [0.4, 0.5) is 0 Å². The van der Waals surface area contributed by atoms with E-state index in [1.807, 2.05) is 199 Å². The van der Waals surface area contributed by atoms with Gasteiger partial charge in [0.1, 0.15) is 13.2 Å². The van der Waals surface area contributed by atoms with E-state index in [-0.39, 0.29) is 85.7 Å². The van der Waals surface area contributed by atoms with Gasteiger partial charge in [-0.3, -0.25) is 28.8 Å². The minimum absolute atomic E-state index is 0.00617. The molecule has 632 valence electrons. The molecule has 8 N–H and O–H groups in total. The van der Waals surface area contributed by atoms with E-state index < -0.39 is 48.3 Å². The van der Waals surface area contributed by atoms with Crippen LogP contribution in [0.2, 0.25) is 0 Å². The molecule has 2 aromatic carbocycles. The molecule has 4 aliphatic heterocycles. The van der Waals surface area contributed by atoms with Crippen molar-refractivity contribution in [1.82, 2.24) is 19.6 Å². The number of hydrogen-bond acceptors (Lipinski definition) is 16. The summed E-state index contributed by atoms with van der Waals surface area (Å²) < 4.78 is 9.86. The van der Waals surface area contributed by atoms with Gasteiger partial charge in [-0.15, -0.1) is 23.5 Å². The lowest BCUT2D eigenvalue weighted by Gasteiger charge is -2.33. The van der Waals surface area contributed by atoms with Crippen LogP contribution in [-0.4, -0.2) is 232 Å². The number of hydrogen-bond donors (Lipinski definition) is 8. The normalized spacial score (nSPS) is 18.3. The average Bonchev–Trinajstić information content (AvgIpc) is 0.879. The van der Waals surface area contributed by atoms with Crippen molar-refractivity contribution in [3.63, 3.8) is 0 Å². The number of ether oxygens (including phenoxy) is 2. The second kappa shape index (κ2) is 72.5. The van der Waals surface area contributed by atoms with Gasteiger partial charge < -0.3 is 69.9 Å². The molecule has 0 bridgehead atoms. The van der Waals surface area contributed by atoms with E-state index in [1.54, 1.807) is 34.1 Å². The maximum Gasteiger partial charge on any atom is 0.329 e.